The van der Waals surface area contributed by atoms with E-state index in [4.69, 9.17) is 9.47 Å². The molecule has 3 amide bonds. The third-order valence-electron chi connectivity index (χ3n) is 5.25. The first-order valence-corrected chi connectivity index (χ1v) is 11.2. The van der Waals surface area contributed by atoms with Gasteiger partial charge in [0.2, 0.25) is 27.7 Å². The summed E-state index contributed by atoms with van der Waals surface area (Å²) in [6, 6.07) is 5.17. The minimum atomic E-state index is -3.66. The van der Waals surface area contributed by atoms with E-state index in [1.54, 1.807) is 18.2 Å². The standard InChI is InChI=1S/C19H28N4O7S/c1-19(12-23(31(5,27)28)11-17(25)22(19)2)18(26)21-10-16(24)20-9-13-6-7-14(29-3)8-15(13)30-4/h6-8H,9-12H2,1-5H3,(H,20,24)(H,21,26)/t19-/m0/s1. The molecule has 0 radical (unpaired) electrons. The van der Waals surface area contributed by atoms with Crippen molar-refractivity contribution in [3.05, 3.63) is 23.8 Å². The molecule has 0 unspecified atom stereocenters. The summed E-state index contributed by atoms with van der Waals surface area (Å²) in [5, 5.41) is 5.15. The monoisotopic (exact) mass is 456 g/mol. The maximum absolute atomic E-state index is 12.8. The third-order valence-corrected chi connectivity index (χ3v) is 6.44. The molecule has 1 fully saturated rings. The zero-order valence-corrected chi connectivity index (χ0v) is 19.0. The summed E-state index contributed by atoms with van der Waals surface area (Å²) in [7, 11) is 0.801. The molecule has 1 aliphatic rings. The van der Waals surface area contributed by atoms with Crippen LogP contribution in [0.2, 0.25) is 0 Å². The Morgan fingerprint density at radius 1 is 1.19 bits per heavy atom. The lowest BCUT2D eigenvalue weighted by Crippen LogP contribution is -2.68. The zero-order chi connectivity index (χ0) is 23.4. The SMILES string of the molecule is COc1ccc(CNC(=O)CNC(=O)[C@]2(C)CN(S(C)(=O)=O)CC(=O)N2C)c(OC)c1. The summed E-state index contributed by atoms with van der Waals surface area (Å²) >= 11 is 0. The summed E-state index contributed by atoms with van der Waals surface area (Å²) in [6.07, 6.45) is 0.977. The molecule has 0 saturated carbocycles. The second-order valence-electron chi connectivity index (χ2n) is 7.39. The fourth-order valence-corrected chi connectivity index (χ4v) is 3.93. The number of methoxy groups -OCH3 is 2. The Balaban J connectivity index is 1.98. The predicted molar refractivity (Wildman–Crippen MR) is 112 cm³/mol. The van der Waals surface area contributed by atoms with E-state index in [9.17, 15) is 22.8 Å². The molecule has 1 aromatic carbocycles. The van der Waals surface area contributed by atoms with Crippen molar-refractivity contribution in [3.63, 3.8) is 0 Å². The number of ether oxygens (including phenoxy) is 2. The lowest BCUT2D eigenvalue weighted by molar-refractivity contribution is -0.150. The van der Waals surface area contributed by atoms with Gasteiger partial charge in [0, 0.05) is 31.8 Å². The smallest absolute Gasteiger partial charge is 0.247 e. The second kappa shape index (κ2) is 9.52. The van der Waals surface area contributed by atoms with Crippen LogP contribution in [0.15, 0.2) is 18.2 Å². The Morgan fingerprint density at radius 3 is 2.45 bits per heavy atom. The number of nitrogens with one attached hydrogen (secondary N) is 2. The van der Waals surface area contributed by atoms with Crippen molar-refractivity contribution in [2.24, 2.45) is 0 Å². The molecule has 1 aromatic rings. The maximum atomic E-state index is 12.8. The predicted octanol–water partition coefficient (Wildman–Crippen LogP) is -1.07. The van der Waals surface area contributed by atoms with E-state index in [-0.39, 0.29) is 26.2 Å². The van der Waals surface area contributed by atoms with Crippen molar-refractivity contribution < 1.29 is 32.3 Å². The topological polar surface area (TPSA) is 134 Å². The normalized spacial score (nSPS) is 19.6. The van der Waals surface area contributed by atoms with Gasteiger partial charge in [-0.1, -0.05) is 0 Å². The Labute approximate surface area is 181 Å². The number of hydrogen-bond donors (Lipinski definition) is 2. The van der Waals surface area contributed by atoms with Gasteiger partial charge in [-0.05, 0) is 19.1 Å². The number of amides is 3. The molecule has 2 N–H and O–H groups in total. The van der Waals surface area contributed by atoms with Gasteiger partial charge in [-0.25, -0.2) is 8.42 Å². The Kier molecular flexibility index (Phi) is 7.49. The van der Waals surface area contributed by atoms with E-state index in [0.29, 0.717) is 11.5 Å². The molecule has 0 aliphatic carbocycles. The molecule has 0 aromatic heterocycles. The number of benzene rings is 1. The average Bonchev–Trinajstić information content (AvgIpc) is 2.72. The molecule has 12 heteroatoms. The molecule has 172 valence electrons. The first-order valence-electron chi connectivity index (χ1n) is 9.40. The Bertz CT molecular complexity index is 966. The van der Waals surface area contributed by atoms with Gasteiger partial charge in [-0.15, -0.1) is 0 Å². The third kappa shape index (κ3) is 5.64. The highest BCUT2D eigenvalue weighted by Crippen LogP contribution is 2.24. The van der Waals surface area contributed by atoms with E-state index in [1.165, 1.54) is 33.1 Å². The minimum Gasteiger partial charge on any atom is -0.497 e. The molecule has 2 rings (SSSR count). The highest BCUT2D eigenvalue weighted by atomic mass is 32.2. The Morgan fingerprint density at radius 2 is 1.87 bits per heavy atom. The van der Waals surface area contributed by atoms with Crippen LogP contribution >= 0.6 is 0 Å². The van der Waals surface area contributed by atoms with Crippen LogP contribution in [-0.4, -0.2) is 88.0 Å². The number of carbonyl (C=O) groups excluding carboxylic acids is 3. The molecular weight excluding hydrogens is 428 g/mol. The first kappa shape index (κ1) is 24.4. The number of sulfonamides is 1. The largest absolute Gasteiger partial charge is 0.497 e. The highest BCUT2D eigenvalue weighted by Gasteiger charge is 2.47. The van der Waals surface area contributed by atoms with Crippen LogP contribution in [-0.2, 0) is 31.0 Å². The number of piperazine rings is 1. The van der Waals surface area contributed by atoms with Gasteiger partial charge in [0.05, 0.1) is 33.6 Å². The summed E-state index contributed by atoms with van der Waals surface area (Å²) in [6.45, 7) is 0.748. The van der Waals surface area contributed by atoms with Gasteiger partial charge < -0.3 is 25.0 Å². The van der Waals surface area contributed by atoms with Gasteiger partial charge in [0.1, 0.15) is 17.0 Å². The molecule has 1 heterocycles. The molecule has 1 aliphatic heterocycles. The average molecular weight is 457 g/mol. The molecule has 11 nitrogen and oxygen atoms in total. The lowest BCUT2D eigenvalue weighted by Gasteiger charge is -2.44. The van der Waals surface area contributed by atoms with Crippen LogP contribution in [0.25, 0.3) is 0 Å². The van der Waals surface area contributed by atoms with Crippen LogP contribution in [0.5, 0.6) is 11.5 Å². The van der Waals surface area contributed by atoms with Gasteiger partial charge in [-0.2, -0.15) is 4.31 Å². The van der Waals surface area contributed by atoms with Crippen molar-refractivity contribution in [1.29, 1.82) is 0 Å². The molecule has 1 saturated heterocycles. The van der Waals surface area contributed by atoms with E-state index >= 15 is 0 Å². The highest BCUT2D eigenvalue weighted by molar-refractivity contribution is 7.88. The van der Waals surface area contributed by atoms with E-state index in [2.05, 4.69) is 10.6 Å². The minimum absolute atomic E-state index is 0.166. The summed E-state index contributed by atoms with van der Waals surface area (Å²) in [4.78, 5) is 38.4. The van der Waals surface area contributed by atoms with Gasteiger partial charge in [-0.3, -0.25) is 14.4 Å². The number of hydrogen-bond acceptors (Lipinski definition) is 7. The quantitative estimate of drug-likeness (QED) is 0.509. The van der Waals surface area contributed by atoms with Gasteiger partial charge in [0.25, 0.3) is 0 Å². The molecule has 31 heavy (non-hydrogen) atoms. The summed E-state index contributed by atoms with van der Waals surface area (Å²) < 4.78 is 35.1. The fourth-order valence-electron chi connectivity index (χ4n) is 3.10. The summed E-state index contributed by atoms with van der Waals surface area (Å²) in [5.74, 6) is -0.444. The number of likely N-dealkylation sites (N-methyl/N-ethyl adjacent to an activating group) is 1. The zero-order valence-electron chi connectivity index (χ0n) is 18.2. The summed E-state index contributed by atoms with van der Waals surface area (Å²) in [5.41, 5.74) is -0.728. The number of nitrogens with zero attached hydrogens (tertiary/aromatic N) is 2. The van der Waals surface area contributed by atoms with Crippen LogP contribution < -0.4 is 20.1 Å². The second-order valence-corrected chi connectivity index (χ2v) is 9.38. The Hall–Kier alpha value is -2.86. The van der Waals surface area contributed by atoms with Crippen molar-refractivity contribution in [2.75, 3.05) is 47.2 Å². The van der Waals surface area contributed by atoms with Crippen LogP contribution in [0.4, 0.5) is 0 Å². The van der Waals surface area contributed by atoms with E-state index in [1.807, 2.05) is 0 Å². The maximum Gasteiger partial charge on any atom is 0.247 e. The number of carbonyl (C=O) groups is 3. The van der Waals surface area contributed by atoms with E-state index < -0.39 is 33.3 Å². The van der Waals surface area contributed by atoms with Crippen LogP contribution in [0.1, 0.15) is 12.5 Å². The molecular formula is C19H28N4O7S. The van der Waals surface area contributed by atoms with Gasteiger partial charge in [0.15, 0.2) is 0 Å². The van der Waals surface area contributed by atoms with Crippen molar-refractivity contribution in [2.45, 2.75) is 19.0 Å². The van der Waals surface area contributed by atoms with Crippen molar-refractivity contribution >= 4 is 27.7 Å². The van der Waals surface area contributed by atoms with Crippen LogP contribution in [0.3, 0.4) is 0 Å². The lowest BCUT2D eigenvalue weighted by atomic mass is 9.96. The molecule has 1 atom stereocenters. The van der Waals surface area contributed by atoms with Crippen LogP contribution in [0, 0.1) is 0 Å². The molecule has 0 bridgehead atoms. The van der Waals surface area contributed by atoms with Crippen molar-refractivity contribution in [1.82, 2.24) is 19.8 Å². The van der Waals surface area contributed by atoms with Gasteiger partial charge >= 0.3 is 0 Å². The number of rotatable bonds is 8. The molecule has 0 spiro atoms. The van der Waals surface area contributed by atoms with Crippen molar-refractivity contribution in [3.8, 4) is 11.5 Å². The fraction of sp³-hybridized carbons (Fsp3) is 0.526. The first-order chi connectivity index (χ1) is 14.4. The van der Waals surface area contributed by atoms with E-state index in [0.717, 1.165) is 16.1 Å².